The average Bonchev–Trinajstić information content (AvgIpc) is 3.28. The molecule has 0 bridgehead atoms. The molecular formula is C47H51N7O11. The van der Waals surface area contributed by atoms with Gasteiger partial charge in [0.1, 0.15) is 59.0 Å². The summed E-state index contributed by atoms with van der Waals surface area (Å²) in [6.45, 7) is 1.22. The van der Waals surface area contributed by atoms with Crippen LogP contribution in [0, 0.1) is 0 Å². The van der Waals surface area contributed by atoms with Gasteiger partial charge in [-0.1, -0.05) is 60.7 Å². The van der Waals surface area contributed by atoms with E-state index in [4.69, 9.17) is 5.84 Å². The van der Waals surface area contributed by atoms with E-state index in [1.54, 1.807) is 24.3 Å². The summed E-state index contributed by atoms with van der Waals surface area (Å²) < 4.78 is 0. The zero-order chi connectivity index (χ0) is 47.0. The molecule has 340 valence electrons. The first-order valence-electron chi connectivity index (χ1n) is 20.4. The number of carbonyl (C=O) groups is 6. The average molecular weight is 890 g/mol. The zero-order valence-corrected chi connectivity index (χ0v) is 35.2. The molecule has 0 aromatic heterocycles. The number of nitrogens with two attached hydrogens (primary N) is 1. The van der Waals surface area contributed by atoms with Crippen molar-refractivity contribution in [1.29, 1.82) is 0 Å². The SMILES string of the molecule is CC(=O)N[C@@H](Cc1ccc(O)cc1)C(=O)N[C@@H](Cc1ccc(O)cc1)C(=O)N[C@@H](Cc1ccc(O)cc1)C(=O)N[C@@H](Cc1ccc(O)cc1)C(=O)N[C@@H](Cc1ccc(O)cc1)C(=O)NN. The Labute approximate surface area is 373 Å². The monoisotopic (exact) mass is 889 g/mol. The van der Waals surface area contributed by atoms with Crippen molar-refractivity contribution < 1.29 is 54.3 Å². The standard InChI is InChI=1S/C47H51N7O11/c1-27(55)49-38(22-28-2-12-33(56)13-3-28)43(61)50-39(23-29-4-14-34(57)15-5-29)44(62)51-40(24-30-6-16-35(58)17-7-30)45(63)52-41(25-31-8-18-36(59)19-9-31)46(64)53-42(47(65)54-48)26-32-10-20-37(60)21-11-32/h2-21,38-42,56-60H,22-26,48H2,1H3,(H,49,55)(H,50,61)(H,51,62)(H,52,63)(H,53,64)(H,54,65)/t38-,39-,40-,41-,42-/m0/s1. The summed E-state index contributed by atoms with van der Waals surface area (Å²) in [6.07, 6.45) is -0.549. The highest BCUT2D eigenvalue weighted by Gasteiger charge is 2.33. The van der Waals surface area contributed by atoms with Gasteiger partial charge in [0.25, 0.3) is 5.91 Å². The second-order valence-corrected chi connectivity index (χ2v) is 15.4. The molecule has 5 aromatic rings. The summed E-state index contributed by atoms with van der Waals surface area (Å²) in [5.41, 5.74) is 4.66. The van der Waals surface area contributed by atoms with Gasteiger partial charge in [-0.15, -0.1) is 0 Å². The van der Waals surface area contributed by atoms with Crippen LogP contribution >= 0.6 is 0 Å². The van der Waals surface area contributed by atoms with Crippen LogP contribution in [0.3, 0.4) is 0 Å². The van der Waals surface area contributed by atoms with E-state index in [0.29, 0.717) is 27.8 Å². The Morgan fingerprint density at radius 3 is 0.723 bits per heavy atom. The molecule has 13 N–H and O–H groups in total. The van der Waals surface area contributed by atoms with Crippen LogP contribution in [0.25, 0.3) is 0 Å². The Hall–Kier alpha value is -8.12. The number of nitrogens with one attached hydrogen (secondary N) is 6. The van der Waals surface area contributed by atoms with E-state index in [2.05, 4.69) is 26.6 Å². The lowest BCUT2D eigenvalue weighted by atomic mass is 9.99. The number of phenols is 5. The molecule has 0 aliphatic rings. The molecule has 6 amide bonds. The van der Waals surface area contributed by atoms with Crippen LogP contribution in [0.4, 0.5) is 0 Å². The Bertz CT molecular complexity index is 2410. The molecule has 0 unspecified atom stereocenters. The maximum atomic E-state index is 14.5. The first-order valence-corrected chi connectivity index (χ1v) is 20.4. The van der Waals surface area contributed by atoms with E-state index in [1.807, 2.05) is 5.43 Å². The number of hydrogen-bond donors (Lipinski definition) is 12. The molecular weight excluding hydrogens is 839 g/mol. The van der Waals surface area contributed by atoms with Crippen LogP contribution in [0.1, 0.15) is 34.7 Å². The van der Waals surface area contributed by atoms with Crippen molar-refractivity contribution in [2.45, 2.75) is 69.2 Å². The number of hydrazine groups is 1. The van der Waals surface area contributed by atoms with Gasteiger partial charge in [0.05, 0.1) is 0 Å². The summed E-state index contributed by atoms with van der Waals surface area (Å²) in [5, 5.41) is 62.7. The van der Waals surface area contributed by atoms with Gasteiger partial charge in [-0.3, -0.25) is 34.2 Å². The summed E-state index contributed by atoms with van der Waals surface area (Å²) >= 11 is 0. The molecule has 0 fully saturated rings. The van der Waals surface area contributed by atoms with Crippen LogP contribution in [-0.4, -0.2) is 91.2 Å². The van der Waals surface area contributed by atoms with Crippen LogP contribution in [0.15, 0.2) is 121 Å². The number of amides is 6. The Kier molecular flexibility index (Phi) is 16.8. The van der Waals surface area contributed by atoms with Crippen LogP contribution in [-0.2, 0) is 60.9 Å². The lowest BCUT2D eigenvalue weighted by molar-refractivity contribution is -0.135. The fraction of sp³-hybridized carbons (Fsp3) is 0.234. The minimum Gasteiger partial charge on any atom is -0.508 e. The summed E-state index contributed by atoms with van der Waals surface area (Å²) in [6, 6.07) is 22.8. The van der Waals surface area contributed by atoms with Gasteiger partial charge in [-0.25, -0.2) is 5.84 Å². The molecule has 5 atom stereocenters. The highest BCUT2D eigenvalue weighted by atomic mass is 16.3. The second kappa shape index (κ2) is 22.8. The summed E-state index contributed by atoms with van der Waals surface area (Å²) in [5.74, 6) is 0.719. The highest BCUT2D eigenvalue weighted by molar-refractivity contribution is 5.96. The number of carbonyl (C=O) groups excluding carboxylic acids is 6. The summed E-state index contributed by atoms with van der Waals surface area (Å²) in [4.78, 5) is 82.3. The van der Waals surface area contributed by atoms with Crippen molar-refractivity contribution in [2.24, 2.45) is 5.84 Å². The largest absolute Gasteiger partial charge is 0.508 e. The van der Waals surface area contributed by atoms with Crippen molar-refractivity contribution in [3.05, 3.63) is 149 Å². The van der Waals surface area contributed by atoms with E-state index >= 15 is 0 Å². The Morgan fingerprint density at radius 2 is 0.538 bits per heavy atom. The van der Waals surface area contributed by atoms with Crippen LogP contribution < -0.4 is 37.9 Å². The quantitative estimate of drug-likeness (QED) is 0.0298. The van der Waals surface area contributed by atoms with E-state index < -0.39 is 65.7 Å². The van der Waals surface area contributed by atoms with Gasteiger partial charge in [-0.2, -0.15) is 0 Å². The number of aromatic hydroxyl groups is 5. The Balaban J connectivity index is 1.46. The third kappa shape index (κ3) is 15.0. The van der Waals surface area contributed by atoms with Gasteiger partial charge in [0.15, 0.2) is 0 Å². The van der Waals surface area contributed by atoms with Crippen LogP contribution in [0.5, 0.6) is 28.7 Å². The fourth-order valence-electron chi connectivity index (χ4n) is 6.82. The molecule has 0 heterocycles. The fourth-order valence-corrected chi connectivity index (χ4v) is 6.82. The van der Waals surface area contributed by atoms with Gasteiger partial charge in [0, 0.05) is 39.0 Å². The molecule has 18 heteroatoms. The molecule has 0 spiro atoms. The molecule has 0 aliphatic heterocycles. The third-order valence-corrected chi connectivity index (χ3v) is 10.2. The minimum atomic E-state index is -1.44. The second-order valence-electron chi connectivity index (χ2n) is 15.4. The van der Waals surface area contributed by atoms with Crippen molar-refractivity contribution in [3.8, 4) is 28.7 Å². The van der Waals surface area contributed by atoms with E-state index in [-0.39, 0.29) is 60.9 Å². The van der Waals surface area contributed by atoms with E-state index in [9.17, 15) is 54.3 Å². The van der Waals surface area contributed by atoms with Gasteiger partial charge in [-0.05, 0) is 88.5 Å². The molecule has 0 aliphatic carbocycles. The summed E-state index contributed by atoms with van der Waals surface area (Å²) in [7, 11) is 0. The predicted octanol–water partition coefficient (Wildman–Crippen LogP) is 1.16. The van der Waals surface area contributed by atoms with Crippen LogP contribution in [0.2, 0.25) is 0 Å². The molecule has 0 saturated heterocycles. The normalized spacial score (nSPS) is 13.1. The maximum Gasteiger partial charge on any atom is 0.256 e. The van der Waals surface area contributed by atoms with Crippen molar-refractivity contribution >= 4 is 35.4 Å². The van der Waals surface area contributed by atoms with Gasteiger partial charge in [0.2, 0.25) is 29.5 Å². The number of hydrogen-bond acceptors (Lipinski definition) is 12. The molecule has 18 nitrogen and oxygen atoms in total. The van der Waals surface area contributed by atoms with Crippen molar-refractivity contribution in [2.75, 3.05) is 0 Å². The zero-order valence-electron chi connectivity index (χ0n) is 35.2. The topological polar surface area (TPSA) is 302 Å². The minimum absolute atomic E-state index is 0.00749. The highest BCUT2D eigenvalue weighted by Crippen LogP contribution is 2.18. The maximum absolute atomic E-state index is 14.5. The Morgan fingerprint density at radius 1 is 0.354 bits per heavy atom. The molecule has 5 aromatic carbocycles. The first-order chi connectivity index (χ1) is 31.0. The third-order valence-electron chi connectivity index (χ3n) is 10.2. The first kappa shape index (κ1) is 47.9. The molecule has 65 heavy (non-hydrogen) atoms. The predicted molar refractivity (Wildman–Crippen MR) is 237 cm³/mol. The number of phenolic OH excluding ortho intramolecular Hbond substituents is 5. The number of benzene rings is 5. The van der Waals surface area contributed by atoms with E-state index in [0.717, 1.165) is 0 Å². The lowest BCUT2D eigenvalue weighted by Gasteiger charge is -2.27. The van der Waals surface area contributed by atoms with Gasteiger partial charge >= 0.3 is 0 Å². The van der Waals surface area contributed by atoms with Crippen molar-refractivity contribution in [1.82, 2.24) is 32.0 Å². The smallest absolute Gasteiger partial charge is 0.256 e. The van der Waals surface area contributed by atoms with Gasteiger partial charge < -0.3 is 52.1 Å². The molecule has 5 rings (SSSR count). The lowest BCUT2D eigenvalue weighted by Crippen LogP contribution is -2.60. The molecule has 0 saturated carbocycles. The number of rotatable bonds is 20. The van der Waals surface area contributed by atoms with E-state index in [1.165, 1.54) is 104 Å². The molecule has 0 radical (unpaired) electrons. The van der Waals surface area contributed by atoms with Crippen molar-refractivity contribution in [3.63, 3.8) is 0 Å².